The molecule has 2 aliphatic rings. The van der Waals surface area contributed by atoms with Gasteiger partial charge in [0.1, 0.15) is 5.54 Å². The van der Waals surface area contributed by atoms with E-state index >= 15 is 0 Å². The van der Waals surface area contributed by atoms with Crippen molar-refractivity contribution in [2.45, 2.75) is 38.6 Å². The van der Waals surface area contributed by atoms with Crippen LogP contribution in [0.3, 0.4) is 0 Å². The van der Waals surface area contributed by atoms with Gasteiger partial charge < -0.3 is 10.2 Å². The number of carbonyl (C=O) groups excluding carboxylic acids is 2. The largest absolute Gasteiger partial charge is 0.342 e. The van der Waals surface area contributed by atoms with E-state index in [1.54, 1.807) is 13.8 Å². The van der Waals surface area contributed by atoms with Gasteiger partial charge in [0.2, 0.25) is 11.8 Å². The molecular formula is C13H22N2O4S. The third-order valence-electron chi connectivity index (χ3n) is 4.25. The zero-order valence-electron chi connectivity index (χ0n) is 12.0. The maximum atomic E-state index is 12.6. The Morgan fingerprint density at radius 2 is 2.00 bits per heavy atom. The number of nitrogens with zero attached hydrogens (tertiary/aromatic N) is 1. The quantitative estimate of drug-likeness (QED) is 0.771. The summed E-state index contributed by atoms with van der Waals surface area (Å²) in [5.74, 6) is -0.0518. The van der Waals surface area contributed by atoms with Crippen molar-refractivity contribution in [3.63, 3.8) is 0 Å². The Balaban J connectivity index is 2.12. The predicted octanol–water partition coefficient (Wildman–Crippen LogP) is -0.0617. The van der Waals surface area contributed by atoms with Crippen molar-refractivity contribution in [1.29, 1.82) is 0 Å². The van der Waals surface area contributed by atoms with Gasteiger partial charge in [-0.15, -0.1) is 0 Å². The maximum Gasteiger partial charge on any atom is 0.248 e. The lowest BCUT2D eigenvalue weighted by molar-refractivity contribution is -0.138. The van der Waals surface area contributed by atoms with Crippen LogP contribution in [0.25, 0.3) is 0 Å². The predicted molar refractivity (Wildman–Crippen MR) is 74.8 cm³/mol. The topological polar surface area (TPSA) is 83.6 Å². The SMILES string of the molecule is CCS(=O)(=O)CCN1CCC(=O)NC(C)(C2CC2)C1=O. The minimum atomic E-state index is -3.11. The van der Waals surface area contributed by atoms with Crippen molar-refractivity contribution in [3.8, 4) is 0 Å². The Kier molecular flexibility index (Phi) is 4.09. The summed E-state index contributed by atoms with van der Waals surface area (Å²) >= 11 is 0. The lowest BCUT2D eigenvalue weighted by Gasteiger charge is -2.32. The van der Waals surface area contributed by atoms with Crippen LogP contribution < -0.4 is 5.32 Å². The van der Waals surface area contributed by atoms with Crippen molar-refractivity contribution < 1.29 is 18.0 Å². The summed E-state index contributed by atoms with van der Waals surface area (Å²) in [6.07, 6.45) is 2.10. The molecule has 2 rings (SSSR count). The molecule has 1 unspecified atom stereocenters. The van der Waals surface area contributed by atoms with Gasteiger partial charge in [0, 0.05) is 25.3 Å². The van der Waals surface area contributed by atoms with Crippen LogP contribution in [0.2, 0.25) is 0 Å². The minimum absolute atomic E-state index is 0.0375. The molecule has 114 valence electrons. The van der Waals surface area contributed by atoms with Crippen LogP contribution in [-0.2, 0) is 19.4 Å². The molecule has 0 bridgehead atoms. The number of hydrogen-bond donors (Lipinski definition) is 1. The molecule has 1 saturated carbocycles. The van der Waals surface area contributed by atoms with Crippen LogP contribution in [0.15, 0.2) is 0 Å². The fraction of sp³-hybridized carbons (Fsp3) is 0.846. The summed E-state index contributed by atoms with van der Waals surface area (Å²) in [6, 6.07) is 0. The van der Waals surface area contributed by atoms with Gasteiger partial charge >= 0.3 is 0 Å². The highest BCUT2D eigenvalue weighted by molar-refractivity contribution is 7.91. The fourth-order valence-corrected chi connectivity index (χ4v) is 3.40. The third kappa shape index (κ3) is 3.13. The van der Waals surface area contributed by atoms with Crippen molar-refractivity contribution >= 4 is 21.7 Å². The first-order chi connectivity index (χ1) is 9.28. The van der Waals surface area contributed by atoms with E-state index in [9.17, 15) is 18.0 Å². The number of nitrogens with one attached hydrogen (secondary N) is 1. The lowest BCUT2D eigenvalue weighted by Crippen LogP contribution is -2.57. The Hall–Kier alpha value is -1.11. The molecule has 0 spiro atoms. The first-order valence-electron chi connectivity index (χ1n) is 7.09. The van der Waals surface area contributed by atoms with Crippen molar-refractivity contribution in [2.75, 3.05) is 24.6 Å². The molecule has 1 aliphatic heterocycles. The monoisotopic (exact) mass is 302 g/mol. The van der Waals surface area contributed by atoms with E-state index in [0.717, 1.165) is 12.8 Å². The molecule has 2 amide bonds. The molecule has 1 heterocycles. The van der Waals surface area contributed by atoms with Crippen LogP contribution in [-0.4, -0.2) is 55.3 Å². The minimum Gasteiger partial charge on any atom is -0.342 e. The molecule has 2 fully saturated rings. The first-order valence-corrected chi connectivity index (χ1v) is 8.91. The molecule has 1 N–H and O–H groups in total. The number of amides is 2. The van der Waals surface area contributed by atoms with Gasteiger partial charge in [0.05, 0.1) is 5.75 Å². The second-order valence-corrected chi connectivity index (χ2v) is 8.28. The molecule has 20 heavy (non-hydrogen) atoms. The molecule has 0 radical (unpaired) electrons. The molecular weight excluding hydrogens is 280 g/mol. The van der Waals surface area contributed by atoms with Crippen LogP contribution in [0.4, 0.5) is 0 Å². The molecule has 0 aromatic rings. The van der Waals surface area contributed by atoms with Gasteiger partial charge in [0.15, 0.2) is 9.84 Å². The Morgan fingerprint density at radius 3 is 2.55 bits per heavy atom. The van der Waals surface area contributed by atoms with Gasteiger partial charge in [0.25, 0.3) is 0 Å². The number of rotatable bonds is 5. The number of hydrogen-bond acceptors (Lipinski definition) is 4. The zero-order valence-corrected chi connectivity index (χ0v) is 12.8. The summed E-state index contributed by atoms with van der Waals surface area (Å²) in [4.78, 5) is 25.9. The summed E-state index contributed by atoms with van der Waals surface area (Å²) in [6.45, 7) is 3.83. The van der Waals surface area contributed by atoms with Gasteiger partial charge in [-0.1, -0.05) is 6.92 Å². The van der Waals surface area contributed by atoms with E-state index in [4.69, 9.17) is 0 Å². The smallest absolute Gasteiger partial charge is 0.248 e. The lowest BCUT2D eigenvalue weighted by atomic mass is 9.94. The Bertz CT molecular complexity index is 512. The molecule has 6 nitrogen and oxygen atoms in total. The normalized spacial score (nSPS) is 28.2. The van der Waals surface area contributed by atoms with Gasteiger partial charge in [-0.25, -0.2) is 8.42 Å². The van der Waals surface area contributed by atoms with E-state index in [2.05, 4.69) is 5.32 Å². The molecule has 0 aromatic carbocycles. The summed E-state index contributed by atoms with van der Waals surface area (Å²) < 4.78 is 23.2. The molecule has 0 aromatic heterocycles. The average Bonchev–Trinajstić information content (AvgIpc) is 3.21. The molecule has 1 saturated heterocycles. The van der Waals surface area contributed by atoms with Crippen molar-refractivity contribution in [3.05, 3.63) is 0 Å². The van der Waals surface area contributed by atoms with Crippen molar-refractivity contribution in [2.24, 2.45) is 5.92 Å². The van der Waals surface area contributed by atoms with Gasteiger partial charge in [-0.2, -0.15) is 0 Å². The first kappa shape index (κ1) is 15.3. The van der Waals surface area contributed by atoms with E-state index in [-0.39, 0.29) is 42.2 Å². The van der Waals surface area contributed by atoms with Crippen LogP contribution >= 0.6 is 0 Å². The van der Waals surface area contributed by atoms with Crippen LogP contribution in [0, 0.1) is 5.92 Å². The summed E-state index contributed by atoms with van der Waals surface area (Å²) in [7, 11) is -3.11. The third-order valence-corrected chi connectivity index (χ3v) is 5.93. The zero-order chi connectivity index (χ0) is 15.0. The van der Waals surface area contributed by atoms with Gasteiger partial charge in [-0.05, 0) is 25.7 Å². The highest BCUT2D eigenvalue weighted by atomic mass is 32.2. The van der Waals surface area contributed by atoms with Crippen molar-refractivity contribution in [1.82, 2.24) is 10.2 Å². The van der Waals surface area contributed by atoms with E-state index < -0.39 is 15.4 Å². The summed E-state index contributed by atoms with van der Waals surface area (Å²) in [5, 5.41) is 2.83. The second-order valence-electron chi connectivity index (χ2n) is 5.80. The van der Waals surface area contributed by atoms with E-state index in [1.807, 2.05) is 0 Å². The number of sulfone groups is 1. The van der Waals surface area contributed by atoms with E-state index in [1.165, 1.54) is 4.90 Å². The Morgan fingerprint density at radius 1 is 1.35 bits per heavy atom. The van der Waals surface area contributed by atoms with E-state index in [0.29, 0.717) is 6.54 Å². The van der Waals surface area contributed by atoms with Crippen LogP contribution in [0.1, 0.15) is 33.1 Å². The second kappa shape index (κ2) is 5.35. The Labute approximate surface area is 119 Å². The summed E-state index contributed by atoms with van der Waals surface area (Å²) in [5.41, 5.74) is -0.858. The van der Waals surface area contributed by atoms with Crippen LogP contribution in [0.5, 0.6) is 0 Å². The average molecular weight is 302 g/mol. The van der Waals surface area contributed by atoms with Gasteiger partial charge in [-0.3, -0.25) is 9.59 Å². The standard InChI is InChI=1S/C13H22N2O4S/c1-3-20(18,19)9-8-15-7-6-11(16)14-13(2,12(15)17)10-4-5-10/h10H,3-9H2,1-2H3,(H,14,16). The highest BCUT2D eigenvalue weighted by Gasteiger charge is 2.51. The fourth-order valence-electron chi connectivity index (χ4n) is 2.62. The molecule has 7 heteroatoms. The maximum absolute atomic E-state index is 12.6. The molecule has 1 atom stereocenters. The highest BCUT2D eigenvalue weighted by Crippen LogP contribution is 2.41. The molecule has 1 aliphatic carbocycles. The number of carbonyl (C=O) groups is 2.